The second kappa shape index (κ2) is 6.41. The predicted octanol–water partition coefficient (Wildman–Crippen LogP) is 6.18. The molecule has 0 atom stereocenters. The van der Waals surface area contributed by atoms with Crippen molar-refractivity contribution >= 4 is 44.9 Å². The molecule has 0 spiro atoms. The quantitative estimate of drug-likeness (QED) is 0.399. The van der Waals surface area contributed by atoms with Crippen molar-refractivity contribution in [2.45, 2.75) is 0 Å². The van der Waals surface area contributed by atoms with Gasteiger partial charge >= 0.3 is 0 Å². The summed E-state index contributed by atoms with van der Waals surface area (Å²) in [5.41, 5.74) is 5.78. The van der Waals surface area contributed by atoms with Gasteiger partial charge in [-0.1, -0.05) is 35.9 Å². The second-order valence-corrected chi connectivity index (χ2v) is 6.73. The Morgan fingerprint density at radius 1 is 0.815 bits per heavy atom. The number of fused-ring (bicyclic) bond motifs is 2. The highest BCUT2D eigenvalue weighted by molar-refractivity contribution is 6.31. The molecule has 0 fully saturated rings. The number of nitrogens with zero attached hydrogens (tertiary/aromatic N) is 2. The summed E-state index contributed by atoms with van der Waals surface area (Å²) >= 11 is 6.10. The van der Waals surface area contributed by atoms with Crippen LogP contribution >= 0.6 is 11.6 Å². The summed E-state index contributed by atoms with van der Waals surface area (Å²) in [6.45, 7) is 0. The Balaban J connectivity index is 1.61. The van der Waals surface area contributed by atoms with Gasteiger partial charge in [0.15, 0.2) is 0 Å². The van der Waals surface area contributed by atoms with E-state index in [2.05, 4.69) is 21.4 Å². The molecule has 4 nitrogen and oxygen atoms in total. The lowest BCUT2D eigenvalue weighted by molar-refractivity contribution is 1.33. The zero-order chi connectivity index (χ0) is 18.2. The van der Waals surface area contributed by atoms with Crippen LogP contribution in [0.2, 0.25) is 5.02 Å². The van der Waals surface area contributed by atoms with Gasteiger partial charge in [-0.3, -0.25) is 4.98 Å². The Kier molecular flexibility index (Phi) is 3.77. The van der Waals surface area contributed by atoms with Crippen LogP contribution in [-0.2, 0) is 0 Å². The van der Waals surface area contributed by atoms with Gasteiger partial charge in [-0.2, -0.15) is 0 Å². The zero-order valence-electron chi connectivity index (χ0n) is 14.3. The summed E-state index contributed by atoms with van der Waals surface area (Å²) in [6.07, 6.45) is 1.78. The van der Waals surface area contributed by atoms with Crippen molar-refractivity contribution < 1.29 is 0 Å². The summed E-state index contributed by atoms with van der Waals surface area (Å²) in [4.78, 5) is 12.5. The number of aromatic amines is 1. The first-order valence-corrected chi connectivity index (χ1v) is 9.01. The third-order valence-electron chi connectivity index (χ3n) is 4.55. The Hall–Kier alpha value is -3.37. The van der Waals surface area contributed by atoms with Gasteiger partial charge < -0.3 is 10.3 Å². The molecule has 27 heavy (non-hydrogen) atoms. The zero-order valence-corrected chi connectivity index (χ0v) is 15.0. The standard InChI is InChI=1S/C22H15ClN4/c23-14-9-10-15-18(11-12-24-21(15)13-14)25-17-6-2-1-5-16(17)22-26-19-7-3-4-8-20(19)27-22/h1-13H,(H,24,25)(H,26,27). The summed E-state index contributed by atoms with van der Waals surface area (Å²) in [7, 11) is 0. The molecule has 130 valence electrons. The van der Waals surface area contributed by atoms with E-state index in [0.29, 0.717) is 5.02 Å². The van der Waals surface area contributed by atoms with E-state index in [1.165, 1.54) is 0 Å². The molecule has 0 aliphatic heterocycles. The van der Waals surface area contributed by atoms with Crippen molar-refractivity contribution in [1.82, 2.24) is 15.0 Å². The maximum absolute atomic E-state index is 6.10. The SMILES string of the molecule is Clc1ccc2c(Nc3ccccc3-c3nc4ccccc4[nH]3)ccnc2c1. The molecule has 0 saturated carbocycles. The average Bonchev–Trinajstić information content (AvgIpc) is 3.12. The van der Waals surface area contributed by atoms with E-state index in [1.54, 1.807) is 6.20 Å². The minimum absolute atomic E-state index is 0.676. The lowest BCUT2D eigenvalue weighted by atomic mass is 10.1. The van der Waals surface area contributed by atoms with E-state index in [-0.39, 0.29) is 0 Å². The first kappa shape index (κ1) is 15.9. The van der Waals surface area contributed by atoms with Crippen molar-refractivity contribution in [2.24, 2.45) is 0 Å². The minimum Gasteiger partial charge on any atom is -0.354 e. The van der Waals surface area contributed by atoms with E-state index in [0.717, 1.165) is 44.7 Å². The predicted molar refractivity (Wildman–Crippen MR) is 112 cm³/mol. The molecule has 3 aromatic carbocycles. The second-order valence-electron chi connectivity index (χ2n) is 6.29. The normalized spacial score (nSPS) is 11.1. The molecular weight excluding hydrogens is 356 g/mol. The fraction of sp³-hybridized carbons (Fsp3) is 0. The lowest BCUT2D eigenvalue weighted by Gasteiger charge is -2.12. The fourth-order valence-corrected chi connectivity index (χ4v) is 3.42. The van der Waals surface area contributed by atoms with Crippen molar-refractivity contribution in [2.75, 3.05) is 5.32 Å². The molecule has 2 heterocycles. The van der Waals surface area contributed by atoms with Crippen LogP contribution in [-0.4, -0.2) is 15.0 Å². The van der Waals surface area contributed by atoms with Crippen LogP contribution in [0.15, 0.2) is 79.0 Å². The highest BCUT2D eigenvalue weighted by atomic mass is 35.5. The maximum atomic E-state index is 6.10. The highest BCUT2D eigenvalue weighted by Crippen LogP contribution is 2.32. The minimum atomic E-state index is 0.676. The Labute approximate surface area is 160 Å². The molecule has 0 aliphatic carbocycles. The molecular formula is C22H15ClN4. The molecule has 2 aromatic heterocycles. The number of anilines is 2. The van der Waals surface area contributed by atoms with E-state index < -0.39 is 0 Å². The van der Waals surface area contributed by atoms with Crippen LogP contribution in [0.1, 0.15) is 0 Å². The first-order valence-electron chi connectivity index (χ1n) is 8.63. The van der Waals surface area contributed by atoms with E-state index in [9.17, 15) is 0 Å². The summed E-state index contributed by atoms with van der Waals surface area (Å²) < 4.78 is 0. The van der Waals surface area contributed by atoms with E-state index in [4.69, 9.17) is 16.6 Å². The molecule has 0 aliphatic rings. The van der Waals surface area contributed by atoms with Gasteiger partial charge in [-0.25, -0.2) is 4.98 Å². The van der Waals surface area contributed by atoms with Gasteiger partial charge in [0.25, 0.3) is 0 Å². The van der Waals surface area contributed by atoms with Crippen LogP contribution in [0.5, 0.6) is 0 Å². The lowest BCUT2D eigenvalue weighted by Crippen LogP contribution is -1.95. The van der Waals surface area contributed by atoms with Crippen LogP contribution in [0.4, 0.5) is 11.4 Å². The number of nitrogens with one attached hydrogen (secondary N) is 2. The van der Waals surface area contributed by atoms with Gasteiger partial charge in [0.05, 0.1) is 16.6 Å². The molecule has 0 radical (unpaired) electrons. The van der Waals surface area contributed by atoms with Crippen LogP contribution in [0, 0.1) is 0 Å². The molecule has 0 amide bonds. The number of pyridine rings is 1. The number of aromatic nitrogens is 3. The molecule has 0 saturated heterocycles. The maximum Gasteiger partial charge on any atom is 0.140 e. The molecule has 0 bridgehead atoms. The number of benzene rings is 3. The summed E-state index contributed by atoms with van der Waals surface area (Å²) in [5, 5.41) is 5.23. The Morgan fingerprint density at radius 3 is 2.59 bits per heavy atom. The molecule has 5 aromatic rings. The molecule has 5 heteroatoms. The number of hydrogen-bond acceptors (Lipinski definition) is 3. The number of para-hydroxylation sites is 3. The highest BCUT2D eigenvalue weighted by Gasteiger charge is 2.11. The molecule has 5 rings (SSSR count). The number of imidazole rings is 1. The number of rotatable bonds is 3. The summed E-state index contributed by atoms with van der Waals surface area (Å²) in [5.74, 6) is 0.834. The third kappa shape index (κ3) is 2.90. The van der Waals surface area contributed by atoms with E-state index >= 15 is 0 Å². The van der Waals surface area contributed by atoms with Crippen LogP contribution < -0.4 is 5.32 Å². The van der Waals surface area contributed by atoms with Gasteiger partial charge in [-0.15, -0.1) is 0 Å². The monoisotopic (exact) mass is 370 g/mol. The smallest absolute Gasteiger partial charge is 0.140 e. The van der Waals surface area contributed by atoms with Crippen molar-refractivity contribution in [3.63, 3.8) is 0 Å². The number of halogens is 1. The van der Waals surface area contributed by atoms with Gasteiger partial charge in [0, 0.05) is 33.5 Å². The van der Waals surface area contributed by atoms with Crippen molar-refractivity contribution in [3.05, 3.63) is 84.0 Å². The van der Waals surface area contributed by atoms with Crippen molar-refractivity contribution in [1.29, 1.82) is 0 Å². The van der Waals surface area contributed by atoms with Crippen LogP contribution in [0.25, 0.3) is 33.3 Å². The van der Waals surface area contributed by atoms with E-state index in [1.807, 2.05) is 66.7 Å². The number of hydrogen-bond donors (Lipinski definition) is 2. The molecule has 0 unspecified atom stereocenters. The molecule has 2 N–H and O–H groups in total. The number of H-pyrrole nitrogens is 1. The third-order valence-corrected chi connectivity index (χ3v) is 4.78. The fourth-order valence-electron chi connectivity index (χ4n) is 3.25. The Bertz CT molecular complexity index is 1240. The van der Waals surface area contributed by atoms with Crippen LogP contribution in [0.3, 0.4) is 0 Å². The Morgan fingerprint density at radius 2 is 1.67 bits per heavy atom. The van der Waals surface area contributed by atoms with Crippen molar-refractivity contribution in [3.8, 4) is 11.4 Å². The summed E-state index contributed by atoms with van der Waals surface area (Å²) in [6, 6.07) is 23.8. The van der Waals surface area contributed by atoms with Gasteiger partial charge in [0.2, 0.25) is 0 Å². The van der Waals surface area contributed by atoms with Gasteiger partial charge in [0.1, 0.15) is 5.82 Å². The average molecular weight is 371 g/mol. The first-order chi connectivity index (χ1) is 13.3. The largest absolute Gasteiger partial charge is 0.354 e. The van der Waals surface area contributed by atoms with Gasteiger partial charge in [-0.05, 0) is 48.5 Å². The topological polar surface area (TPSA) is 53.6 Å².